The van der Waals surface area contributed by atoms with Crippen molar-refractivity contribution in [2.24, 2.45) is 0 Å². The van der Waals surface area contributed by atoms with Crippen molar-refractivity contribution >= 4 is 44.5 Å². The first-order valence-electron chi connectivity index (χ1n) is 5.91. The van der Waals surface area contributed by atoms with Crippen LogP contribution in [0.3, 0.4) is 0 Å². The lowest BCUT2D eigenvalue weighted by atomic mass is 10.2. The topological polar surface area (TPSA) is 31.2 Å². The van der Waals surface area contributed by atoms with E-state index in [2.05, 4.69) is 15.9 Å². The van der Waals surface area contributed by atoms with Gasteiger partial charge in [-0.05, 0) is 55.8 Å². The molecule has 0 bridgehead atoms. The van der Waals surface area contributed by atoms with Crippen molar-refractivity contribution in [3.63, 3.8) is 0 Å². The molecule has 1 heterocycles. The molecular formula is C14H15BrClNO2. The zero-order valence-corrected chi connectivity index (χ0v) is 13.6. The van der Waals surface area contributed by atoms with Gasteiger partial charge < -0.3 is 4.74 Å². The smallest absolute Gasteiger partial charge is 0.419 e. The third kappa shape index (κ3) is 2.65. The van der Waals surface area contributed by atoms with E-state index in [4.69, 9.17) is 16.3 Å². The molecule has 2 aromatic rings. The number of hydrogen-bond donors (Lipinski definition) is 0. The first kappa shape index (κ1) is 14.4. The summed E-state index contributed by atoms with van der Waals surface area (Å²) in [6.45, 7) is 7.38. The van der Waals surface area contributed by atoms with Gasteiger partial charge in [-0.1, -0.05) is 17.7 Å². The number of halogens is 2. The molecule has 1 aromatic heterocycles. The van der Waals surface area contributed by atoms with Crippen LogP contribution < -0.4 is 0 Å². The van der Waals surface area contributed by atoms with E-state index in [1.165, 1.54) is 4.57 Å². The van der Waals surface area contributed by atoms with Crippen molar-refractivity contribution in [2.75, 3.05) is 0 Å². The molecule has 102 valence electrons. The van der Waals surface area contributed by atoms with Gasteiger partial charge in [-0.3, -0.25) is 0 Å². The van der Waals surface area contributed by atoms with Crippen LogP contribution in [0.25, 0.3) is 10.9 Å². The number of carbonyl (C=O) groups excluding carboxylic acids is 1. The van der Waals surface area contributed by atoms with Crippen LogP contribution in [-0.4, -0.2) is 16.3 Å². The predicted octanol–water partition coefficient (Wildman–Crippen LogP) is 5.15. The van der Waals surface area contributed by atoms with Crippen molar-refractivity contribution in [3.05, 3.63) is 33.4 Å². The molecule has 0 radical (unpaired) electrons. The second-order valence-corrected chi connectivity index (χ2v) is 6.55. The van der Waals surface area contributed by atoms with E-state index in [9.17, 15) is 4.79 Å². The van der Waals surface area contributed by atoms with Gasteiger partial charge in [0.05, 0.1) is 10.5 Å². The highest BCUT2D eigenvalue weighted by Crippen LogP contribution is 2.35. The van der Waals surface area contributed by atoms with Gasteiger partial charge in [0.1, 0.15) is 5.60 Å². The van der Waals surface area contributed by atoms with Crippen LogP contribution in [0.5, 0.6) is 0 Å². The van der Waals surface area contributed by atoms with Crippen LogP contribution >= 0.6 is 27.5 Å². The zero-order valence-electron chi connectivity index (χ0n) is 11.3. The molecule has 0 aliphatic carbocycles. The van der Waals surface area contributed by atoms with Gasteiger partial charge in [0.2, 0.25) is 0 Å². The van der Waals surface area contributed by atoms with Gasteiger partial charge in [0.15, 0.2) is 0 Å². The van der Waals surface area contributed by atoms with Crippen LogP contribution in [0.1, 0.15) is 26.5 Å². The van der Waals surface area contributed by atoms with Crippen LogP contribution in [0, 0.1) is 6.92 Å². The monoisotopic (exact) mass is 343 g/mol. The summed E-state index contributed by atoms with van der Waals surface area (Å²) < 4.78 is 7.78. The Morgan fingerprint density at radius 3 is 2.58 bits per heavy atom. The summed E-state index contributed by atoms with van der Waals surface area (Å²) in [5, 5.41) is 1.43. The molecule has 5 heteroatoms. The lowest BCUT2D eigenvalue weighted by molar-refractivity contribution is 0.0541. The van der Waals surface area contributed by atoms with Gasteiger partial charge >= 0.3 is 6.09 Å². The molecule has 0 spiro atoms. The first-order valence-corrected chi connectivity index (χ1v) is 7.08. The summed E-state index contributed by atoms with van der Waals surface area (Å²) in [6, 6.07) is 5.47. The SMILES string of the molecule is Cc1c(Br)c2c(Cl)cccc2n1C(=O)OC(C)(C)C. The second-order valence-electron chi connectivity index (χ2n) is 5.35. The highest BCUT2D eigenvalue weighted by atomic mass is 79.9. The van der Waals surface area contributed by atoms with Gasteiger partial charge in [-0.25, -0.2) is 9.36 Å². The highest BCUT2D eigenvalue weighted by molar-refractivity contribution is 9.10. The molecule has 0 atom stereocenters. The molecule has 2 rings (SSSR count). The largest absolute Gasteiger partial charge is 0.443 e. The van der Waals surface area contributed by atoms with Crippen molar-refractivity contribution in [1.29, 1.82) is 0 Å². The minimum Gasteiger partial charge on any atom is -0.443 e. The number of ether oxygens (including phenoxy) is 1. The maximum absolute atomic E-state index is 12.3. The Morgan fingerprint density at radius 2 is 2.00 bits per heavy atom. The Kier molecular flexibility index (Phi) is 3.67. The van der Waals surface area contributed by atoms with Crippen LogP contribution in [0.15, 0.2) is 22.7 Å². The summed E-state index contributed by atoms with van der Waals surface area (Å²) in [5.74, 6) is 0. The lowest BCUT2D eigenvalue weighted by Crippen LogP contribution is -2.27. The lowest BCUT2D eigenvalue weighted by Gasteiger charge is -2.20. The zero-order chi connectivity index (χ0) is 14.4. The quantitative estimate of drug-likeness (QED) is 0.662. The van der Waals surface area contributed by atoms with E-state index >= 15 is 0 Å². The average Bonchev–Trinajstić information content (AvgIpc) is 2.50. The summed E-state index contributed by atoms with van der Waals surface area (Å²) in [6.07, 6.45) is -0.400. The van der Waals surface area contributed by atoms with Crippen LogP contribution in [0.2, 0.25) is 5.02 Å². The highest BCUT2D eigenvalue weighted by Gasteiger charge is 2.23. The first-order chi connectivity index (χ1) is 8.72. The molecule has 0 saturated heterocycles. The van der Waals surface area contributed by atoms with Crippen molar-refractivity contribution < 1.29 is 9.53 Å². The summed E-state index contributed by atoms with van der Waals surface area (Å²) in [7, 11) is 0. The third-order valence-corrected chi connectivity index (χ3v) is 3.97. The Bertz CT molecular complexity index is 655. The third-order valence-electron chi connectivity index (χ3n) is 2.68. The average molecular weight is 345 g/mol. The molecule has 19 heavy (non-hydrogen) atoms. The Labute approximate surface area is 125 Å². The number of aromatic nitrogens is 1. The van der Waals surface area contributed by atoms with E-state index in [0.29, 0.717) is 5.02 Å². The Balaban J connectivity index is 2.65. The van der Waals surface area contributed by atoms with Gasteiger partial charge in [0.25, 0.3) is 0 Å². The summed E-state index contributed by atoms with van der Waals surface area (Å²) in [5.41, 5.74) is 0.981. The fraction of sp³-hybridized carbons (Fsp3) is 0.357. The fourth-order valence-electron chi connectivity index (χ4n) is 1.92. The van der Waals surface area contributed by atoms with Crippen molar-refractivity contribution in [1.82, 2.24) is 4.57 Å². The maximum atomic E-state index is 12.3. The minimum atomic E-state index is -0.537. The van der Waals surface area contributed by atoms with E-state index in [0.717, 1.165) is 21.1 Å². The Morgan fingerprint density at radius 1 is 1.37 bits per heavy atom. The summed E-state index contributed by atoms with van der Waals surface area (Å²) >= 11 is 9.68. The molecule has 3 nitrogen and oxygen atoms in total. The maximum Gasteiger partial charge on any atom is 0.419 e. The van der Waals surface area contributed by atoms with E-state index in [1.54, 1.807) is 6.07 Å². The predicted molar refractivity (Wildman–Crippen MR) is 81.0 cm³/mol. The number of nitrogens with zero attached hydrogens (tertiary/aromatic N) is 1. The minimum absolute atomic E-state index is 0.400. The van der Waals surface area contributed by atoms with Crippen molar-refractivity contribution in [2.45, 2.75) is 33.3 Å². The number of hydrogen-bond acceptors (Lipinski definition) is 2. The van der Waals surface area contributed by atoms with Gasteiger partial charge in [0, 0.05) is 15.6 Å². The molecule has 0 saturated carbocycles. The number of rotatable bonds is 0. The fourth-order valence-corrected chi connectivity index (χ4v) is 2.89. The molecule has 1 aromatic carbocycles. The molecular weight excluding hydrogens is 330 g/mol. The van der Waals surface area contributed by atoms with Gasteiger partial charge in [-0.15, -0.1) is 0 Å². The second kappa shape index (κ2) is 4.84. The summed E-state index contributed by atoms with van der Waals surface area (Å²) in [4.78, 5) is 12.3. The number of carbonyl (C=O) groups is 1. The normalized spacial score (nSPS) is 11.9. The van der Waals surface area contributed by atoms with Gasteiger partial charge in [-0.2, -0.15) is 0 Å². The van der Waals surface area contributed by atoms with Crippen LogP contribution in [-0.2, 0) is 4.74 Å². The molecule has 0 aliphatic rings. The molecule has 0 N–H and O–H groups in total. The molecule has 0 aliphatic heterocycles. The number of benzene rings is 1. The van der Waals surface area contributed by atoms with Crippen LogP contribution in [0.4, 0.5) is 4.79 Å². The standard InChI is InChI=1S/C14H15BrClNO2/c1-8-12(15)11-9(16)6-5-7-10(11)17(8)13(18)19-14(2,3)4/h5-7H,1-4H3. The molecule has 0 amide bonds. The van der Waals surface area contributed by atoms with Crippen molar-refractivity contribution in [3.8, 4) is 0 Å². The number of fused-ring (bicyclic) bond motifs is 1. The van der Waals surface area contributed by atoms with E-state index in [-0.39, 0.29) is 0 Å². The van der Waals surface area contributed by atoms with E-state index in [1.807, 2.05) is 39.8 Å². The Hall–Kier alpha value is -1.00. The molecule has 0 fully saturated rings. The molecule has 0 unspecified atom stereocenters. The van der Waals surface area contributed by atoms with E-state index < -0.39 is 11.7 Å².